The third kappa shape index (κ3) is 3.77. The lowest BCUT2D eigenvalue weighted by atomic mass is 10.1. The molecule has 114 valence electrons. The highest BCUT2D eigenvalue weighted by Gasteiger charge is 2.30. The summed E-state index contributed by atoms with van der Waals surface area (Å²) >= 11 is 6.09. The lowest BCUT2D eigenvalue weighted by molar-refractivity contribution is -0.137. The van der Waals surface area contributed by atoms with Crippen LogP contribution >= 0.6 is 11.6 Å². The maximum absolute atomic E-state index is 12.6. The number of halogens is 4. The van der Waals surface area contributed by atoms with Gasteiger partial charge in [0, 0.05) is 25.7 Å². The van der Waals surface area contributed by atoms with Gasteiger partial charge in [-0.15, -0.1) is 0 Å². The molecule has 0 atom stereocenters. The molecule has 21 heavy (non-hydrogen) atoms. The monoisotopic (exact) mass is 317 g/mol. The van der Waals surface area contributed by atoms with Crippen molar-refractivity contribution in [1.29, 1.82) is 0 Å². The van der Waals surface area contributed by atoms with Crippen LogP contribution in [-0.2, 0) is 26.3 Å². The molecule has 2 rings (SSSR count). The Hall–Kier alpha value is -1.53. The SMILES string of the molecule is Cc1nn(C)c(Cl)c1CNCc1cccc(C(F)(F)F)c1. The van der Waals surface area contributed by atoms with Crippen molar-refractivity contribution in [2.45, 2.75) is 26.2 Å². The third-order valence-electron chi connectivity index (χ3n) is 3.16. The van der Waals surface area contributed by atoms with Crippen LogP contribution in [0.2, 0.25) is 5.15 Å². The van der Waals surface area contributed by atoms with E-state index >= 15 is 0 Å². The largest absolute Gasteiger partial charge is 0.416 e. The Morgan fingerprint density at radius 1 is 1.29 bits per heavy atom. The van der Waals surface area contributed by atoms with Gasteiger partial charge in [0.25, 0.3) is 0 Å². The van der Waals surface area contributed by atoms with Crippen molar-refractivity contribution >= 4 is 11.6 Å². The molecular formula is C14H15ClF3N3. The number of benzene rings is 1. The Morgan fingerprint density at radius 2 is 2.00 bits per heavy atom. The van der Waals surface area contributed by atoms with Gasteiger partial charge in [-0.2, -0.15) is 18.3 Å². The molecule has 0 saturated carbocycles. The zero-order valence-corrected chi connectivity index (χ0v) is 12.4. The van der Waals surface area contributed by atoms with Crippen molar-refractivity contribution in [3.05, 3.63) is 51.8 Å². The second-order valence-electron chi connectivity index (χ2n) is 4.78. The zero-order valence-electron chi connectivity index (χ0n) is 11.6. The predicted molar refractivity (Wildman–Crippen MR) is 74.9 cm³/mol. The van der Waals surface area contributed by atoms with Gasteiger partial charge in [-0.25, -0.2) is 0 Å². The summed E-state index contributed by atoms with van der Waals surface area (Å²) in [6.45, 7) is 2.62. The van der Waals surface area contributed by atoms with Gasteiger partial charge in [0.05, 0.1) is 11.3 Å². The average molecular weight is 318 g/mol. The Kier molecular flexibility index (Phi) is 4.58. The quantitative estimate of drug-likeness (QED) is 0.932. The number of rotatable bonds is 4. The Labute approximate surface area is 125 Å². The van der Waals surface area contributed by atoms with Gasteiger partial charge in [0.2, 0.25) is 0 Å². The molecule has 0 radical (unpaired) electrons. The summed E-state index contributed by atoms with van der Waals surface area (Å²) in [6.07, 6.45) is -4.32. The van der Waals surface area contributed by atoms with Crippen LogP contribution in [-0.4, -0.2) is 9.78 Å². The van der Waals surface area contributed by atoms with Crippen LogP contribution in [0.1, 0.15) is 22.4 Å². The first-order valence-electron chi connectivity index (χ1n) is 6.34. The van der Waals surface area contributed by atoms with Crippen LogP contribution in [0, 0.1) is 6.92 Å². The van der Waals surface area contributed by atoms with E-state index in [-0.39, 0.29) is 0 Å². The van der Waals surface area contributed by atoms with E-state index in [4.69, 9.17) is 11.6 Å². The number of hydrogen-bond acceptors (Lipinski definition) is 2. The molecule has 0 bridgehead atoms. The van der Waals surface area contributed by atoms with Crippen LogP contribution in [0.4, 0.5) is 13.2 Å². The molecule has 0 aliphatic carbocycles. The molecule has 0 spiro atoms. The standard InChI is InChI=1S/C14H15ClF3N3/c1-9-12(13(15)21(2)20-9)8-19-7-10-4-3-5-11(6-10)14(16,17)18/h3-6,19H,7-8H2,1-2H3. The molecule has 0 fully saturated rings. The van der Waals surface area contributed by atoms with Crippen molar-refractivity contribution in [1.82, 2.24) is 15.1 Å². The van der Waals surface area contributed by atoms with Gasteiger partial charge in [-0.05, 0) is 18.6 Å². The van der Waals surface area contributed by atoms with Crippen LogP contribution in [0.25, 0.3) is 0 Å². The topological polar surface area (TPSA) is 29.9 Å². The summed E-state index contributed by atoms with van der Waals surface area (Å²) in [5, 5.41) is 7.80. The number of aromatic nitrogens is 2. The molecule has 0 amide bonds. The molecule has 1 aromatic heterocycles. The molecule has 3 nitrogen and oxygen atoms in total. The van der Waals surface area contributed by atoms with E-state index in [9.17, 15) is 13.2 Å². The fourth-order valence-corrected chi connectivity index (χ4v) is 2.31. The van der Waals surface area contributed by atoms with Crippen molar-refractivity contribution in [3.8, 4) is 0 Å². The van der Waals surface area contributed by atoms with Crippen LogP contribution in [0.15, 0.2) is 24.3 Å². The first kappa shape index (κ1) is 15.9. The Bertz CT molecular complexity index is 635. The molecule has 1 aromatic carbocycles. The number of nitrogens with zero attached hydrogens (tertiary/aromatic N) is 2. The number of aryl methyl sites for hydroxylation is 2. The van der Waals surface area contributed by atoms with Crippen LogP contribution in [0.3, 0.4) is 0 Å². The first-order chi connectivity index (χ1) is 9.79. The summed E-state index contributed by atoms with van der Waals surface area (Å²) in [4.78, 5) is 0. The van der Waals surface area contributed by atoms with E-state index in [1.54, 1.807) is 17.8 Å². The van der Waals surface area contributed by atoms with E-state index < -0.39 is 11.7 Å². The fraction of sp³-hybridized carbons (Fsp3) is 0.357. The molecule has 1 N–H and O–H groups in total. The lowest BCUT2D eigenvalue weighted by Gasteiger charge is -2.09. The van der Waals surface area contributed by atoms with Crippen molar-refractivity contribution in [3.63, 3.8) is 0 Å². The van der Waals surface area contributed by atoms with Gasteiger partial charge in [-0.1, -0.05) is 29.8 Å². The fourth-order valence-electron chi connectivity index (χ4n) is 2.06. The molecular weight excluding hydrogens is 303 g/mol. The smallest absolute Gasteiger partial charge is 0.308 e. The average Bonchev–Trinajstić information content (AvgIpc) is 2.64. The van der Waals surface area contributed by atoms with Crippen molar-refractivity contribution < 1.29 is 13.2 Å². The van der Waals surface area contributed by atoms with Gasteiger partial charge in [0.15, 0.2) is 0 Å². The minimum atomic E-state index is -4.32. The number of alkyl halides is 3. The molecule has 7 heteroatoms. The lowest BCUT2D eigenvalue weighted by Crippen LogP contribution is -2.14. The Morgan fingerprint density at radius 3 is 2.57 bits per heavy atom. The van der Waals surface area contributed by atoms with Gasteiger partial charge >= 0.3 is 6.18 Å². The second kappa shape index (κ2) is 6.07. The van der Waals surface area contributed by atoms with Gasteiger partial charge in [-0.3, -0.25) is 4.68 Å². The Balaban J connectivity index is 2.01. The van der Waals surface area contributed by atoms with E-state index in [0.717, 1.165) is 23.4 Å². The minimum absolute atomic E-state index is 0.328. The maximum atomic E-state index is 12.6. The molecule has 0 unspecified atom stereocenters. The highest BCUT2D eigenvalue weighted by molar-refractivity contribution is 6.30. The normalized spacial score (nSPS) is 11.9. The third-order valence-corrected chi connectivity index (χ3v) is 3.63. The van der Waals surface area contributed by atoms with E-state index in [2.05, 4.69) is 10.4 Å². The summed E-state index contributed by atoms with van der Waals surface area (Å²) in [5.41, 5.74) is 1.59. The molecule has 0 aliphatic heterocycles. The molecule has 2 aromatic rings. The van der Waals surface area contributed by atoms with Crippen LogP contribution < -0.4 is 5.32 Å². The van der Waals surface area contributed by atoms with Crippen molar-refractivity contribution in [2.24, 2.45) is 7.05 Å². The summed E-state index contributed by atoms with van der Waals surface area (Å²) in [6, 6.07) is 5.26. The van der Waals surface area contributed by atoms with E-state index in [0.29, 0.717) is 23.8 Å². The van der Waals surface area contributed by atoms with E-state index in [1.165, 1.54) is 6.07 Å². The second-order valence-corrected chi connectivity index (χ2v) is 5.14. The molecule has 1 heterocycles. The first-order valence-corrected chi connectivity index (χ1v) is 6.71. The summed E-state index contributed by atoms with van der Waals surface area (Å²) in [5.74, 6) is 0. The van der Waals surface area contributed by atoms with Gasteiger partial charge in [0.1, 0.15) is 5.15 Å². The van der Waals surface area contributed by atoms with Crippen LogP contribution in [0.5, 0.6) is 0 Å². The van der Waals surface area contributed by atoms with E-state index in [1.807, 2.05) is 6.92 Å². The maximum Gasteiger partial charge on any atom is 0.416 e. The van der Waals surface area contributed by atoms with Crippen molar-refractivity contribution in [2.75, 3.05) is 0 Å². The zero-order chi connectivity index (χ0) is 15.6. The molecule has 0 aliphatic rings. The predicted octanol–water partition coefficient (Wildman–Crippen LogP) is 3.69. The number of nitrogens with one attached hydrogen (secondary N) is 1. The number of hydrogen-bond donors (Lipinski definition) is 1. The summed E-state index contributed by atoms with van der Waals surface area (Å²) < 4.78 is 39.4. The minimum Gasteiger partial charge on any atom is -0.308 e. The highest BCUT2D eigenvalue weighted by atomic mass is 35.5. The molecule has 0 saturated heterocycles. The van der Waals surface area contributed by atoms with Gasteiger partial charge < -0.3 is 5.32 Å². The summed E-state index contributed by atoms with van der Waals surface area (Å²) in [7, 11) is 1.74. The highest BCUT2D eigenvalue weighted by Crippen LogP contribution is 2.29.